The van der Waals surface area contributed by atoms with Gasteiger partial charge in [-0.15, -0.1) is 0 Å². The molecule has 0 bridgehead atoms. The lowest BCUT2D eigenvalue weighted by Gasteiger charge is -2.20. The lowest BCUT2D eigenvalue weighted by atomic mass is 9.96. The van der Waals surface area contributed by atoms with Crippen LogP contribution in [-0.4, -0.2) is 24.2 Å². The average molecular weight is 238 g/mol. The number of carbonyl (C=O) groups is 1. The number of carboxylic acid groups (broad SMARTS) is 1. The van der Waals surface area contributed by atoms with E-state index in [1.807, 2.05) is 26.0 Å². The standard InChI is InChI=1S/C12H18N2O3/c1-6-4-8(9(17-3)5-7(6)2)10(13)11(14)12(15)16/h4-5,10-11H,13-14H2,1-3H3,(H,15,16). The summed E-state index contributed by atoms with van der Waals surface area (Å²) in [4.78, 5) is 10.8. The summed E-state index contributed by atoms with van der Waals surface area (Å²) in [5, 5.41) is 8.86. The number of rotatable bonds is 4. The van der Waals surface area contributed by atoms with E-state index >= 15 is 0 Å². The Kier molecular flexibility index (Phi) is 4.09. The van der Waals surface area contributed by atoms with Crippen LogP contribution in [0.25, 0.3) is 0 Å². The van der Waals surface area contributed by atoms with E-state index in [4.69, 9.17) is 21.3 Å². The van der Waals surface area contributed by atoms with Crippen molar-refractivity contribution in [3.05, 3.63) is 28.8 Å². The zero-order chi connectivity index (χ0) is 13.2. The fraction of sp³-hybridized carbons (Fsp3) is 0.417. The zero-order valence-corrected chi connectivity index (χ0v) is 10.2. The highest BCUT2D eigenvalue weighted by Crippen LogP contribution is 2.28. The summed E-state index contributed by atoms with van der Waals surface area (Å²) >= 11 is 0. The molecule has 0 aliphatic heterocycles. The van der Waals surface area contributed by atoms with Crippen molar-refractivity contribution in [2.75, 3.05) is 7.11 Å². The highest BCUT2D eigenvalue weighted by molar-refractivity contribution is 5.74. The van der Waals surface area contributed by atoms with E-state index in [9.17, 15) is 4.79 Å². The second-order valence-corrected chi connectivity index (χ2v) is 4.07. The van der Waals surface area contributed by atoms with Gasteiger partial charge in [0, 0.05) is 5.56 Å². The van der Waals surface area contributed by atoms with Crippen molar-refractivity contribution < 1.29 is 14.6 Å². The van der Waals surface area contributed by atoms with E-state index in [2.05, 4.69) is 0 Å². The Morgan fingerprint density at radius 3 is 2.29 bits per heavy atom. The molecule has 5 nitrogen and oxygen atoms in total. The maximum absolute atomic E-state index is 10.8. The van der Waals surface area contributed by atoms with Crippen LogP contribution in [0.3, 0.4) is 0 Å². The number of hydrogen-bond acceptors (Lipinski definition) is 4. The van der Waals surface area contributed by atoms with Crippen molar-refractivity contribution in [1.82, 2.24) is 0 Å². The smallest absolute Gasteiger partial charge is 0.322 e. The number of nitrogens with two attached hydrogens (primary N) is 2. The fourth-order valence-electron chi connectivity index (χ4n) is 1.60. The number of carboxylic acids is 1. The van der Waals surface area contributed by atoms with Crippen LogP contribution < -0.4 is 16.2 Å². The van der Waals surface area contributed by atoms with Crippen LogP contribution >= 0.6 is 0 Å². The molecule has 0 saturated heterocycles. The van der Waals surface area contributed by atoms with E-state index in [-0.39, 0.29) is 0 Å². The Morgan fingerprint density at radius 1 is 1.29 bits per heavy atom. The summed E-state index contributed by atoms with van der Waals surface area (Å²) in [6.07, 6.45) is 0. The summed E-state index contributed by atoms with van der Waals surface area (Å²) in [6, 6.07) is 1.72. The molecule has 2 atom stereocenters. The van der Waals surface area contributed by atoms with Gasteiger partial charge in [-0.25, -0.2) is 0 Å². The maximum Gasteiger partial charge on any atom is 0.322 e. The molecule has 1 aromatic rings. The zero-order valence-electron chi connectivity index (χ0n) is 10.2. The Bertz CT molecular complexity index is 432. The fourth-order valence-corrected chi connectivity index (χ4v) is 1.60. The molecule has 0 aromatic heterocycles. The minimum absolute atomic E-state index is 0.567. The predicted molar refractivity (Wildman–Crippen MR) is 65.0 cm³/mol. The van der Waals surface area contributed by atoms with Crippen LogP contribution in [-0.2, 0) is 4.79 Å². The van der Waals surface area contributed by atoms with Crippen LogP contribution in [0.1, 0.15) is 22.7 Å². The lowest BCUT2D eigenvalue weighted by Crippen LogP contribution is -2.41. The maximum atomic E-state index is 10.8. The third kappa shape index (κ3) is 2.75. The highest BCUT2D eigenvalue weighted by Gasteiger charge is 2.25. The summed E-state index contributed by atoms with van der Waals surface area (Å²) in [5.74, 6) is -0.560. The van der Waals surface area contributed by atoms with Gasteiger partial charge in [0.05, 0.1) is 13.2 Å². The summed E-state index contributed by atoms with van der Waals surface area (Å²) in [7, 11) is 1.52. The number of ether oxygens (including phenoxy) is 1. The van der Waals surface area contributed by atoms with Crippen molar-refractivity contribution in [3.63, 3.8) is 0 Å². The molecule has 0 saturated carbocycles. The van der Waals surface area contributed by atoms with Gasteiger partial charge >= 0.3 is 5.97 Å². The topological polar surface area (TPSA) is 98.6 Å². The third-order valence-electron chi connectivity index (χ3n) is 2.88. The van der Waals surface area contributed by atoms with Gasteiger partial charge in [0.1, 0.15) is 11.8 Å². The van der Waals surface area contributed by atoms with Crippen LogP contribution in [0, 0.1) is 13.8 Å². The highest BCUT2D eigenvalue weighted by atomic mass is 16.5. The number of aryl methyl sites for hydroxylation is 2. The Hall–Kier alpha value is -1.59. The molecule has 0 heterocycles. The number of methoxy groups -OCH3 is 1. The Labute approximate surface area is 100 Å². The number of hydrogen-bond donors (Lipinski definition) is 3. The summed E-state index contributed by atoms with van der Waals surface area (Å²) < 4.78 is 5.20. The Balaban J connectivity index is 3.20. The van der Waals surface area contributed by atoms with Gasteiger partial charge in [-0.1, -0.05) is 6.07 Å². The molecule has 2 unspecified atom stereocenters. The van der Waals surface area contributed by atoms with Crippen molar-refractivity contribution in [2.45, 2.75) is 25.9 Å². The summed E-state index contributed by atoms with van der Waals surface area (Å²) in [5.41, 5.74) is 14.1. The molecule has 0 spiro atoms. The molecule has 0 fully saturated rings. The van der Waals surface area contributed by atoms with Crippen LogP contribution in [0.5, 0.6) is 5.75 Å². The van der Waals surface area contributed by atoms with E-state index in [1.54, 1.807) is 0 Å². The predicted octanol–water partition coefficient (Wildman–Crippen LogP) is 0.724. The summed E-state index contributed by atoms with van der Waals surface area (Å²) in [6.45, 7) is 3.88. The van der Waals surface area contributed by atoms with E-state index in [1.165, 1.54) is 7.11 Å². The Morgan fingerprint density at radius 2 is 1.82 bits per heavy atom. The number of aliphatic carboxylic acids is 1. The minimum atomic E-state index is -1.15. The van der Waals surface area contributed by atoms with Crippen molar-refractivity contribution in [1.29, 1.82) is 0 Å². The molecule has 0 amide bonds. The van der Waals surface area contributed by atoms with Gasteiger partial charge in [-0.05, 0) is 31.0 Å². The van der Waals surface area contributed by atoms with E-state index in [0.29, 0.717) is 11.3 Å². The first-order valence-electron chi connectivity index (χ1n) is 5.27. The van der Waals surface area contributed by atoms with Gasteiger partial charge in [-0.2, -0.15) is 0 Å². The molecular weight excluding hydrogens is 220 g/mol. The van der Waals surface area contributed by atoms with Crippen molar-refractivity contribution in [3.8, 4) is 5.75 Å². The molecule has 17 heavy (non-hydrogen) atoms. The first kappa shape index (κ1) is 13.5. The molecular formula is C12H18N2O3. The van der Waals surface area contributed by atoms with Gasteiger partial charge in [0.25, 0.3) is 0 Å². The quantitative estimate of drug-likeness (QED) is 0.718. The molecule has 5 N–H and O–H groups in total. The molecule has 5 heteroatoms. The van der Waals surface area contributed by atoms with Gasteiger partial charge < -0.3 is 21.3 Å². The van der Waals surface area contributed by atoms with E-state index < -0.39 is 18.1 Å². The second kappa shape index (κ2) is 5.16. The van der Waals surface area contributed by atoms with Crippen molar-refractivity contribution in [2.24, 2.45) is 11.5 Å². The normalized spacial score (nSPS) is 14.2. The molecule has 0 aliphatic rings. The molecule has 94 valence electrons. The first-order chi connectivity index (χ1) is 7.88. The van der Waals surface area contributed by atoms with Crippen LogP contribution in [0.15, 0.2) is 12.1 Å². The third-order valence-corrected chi connectivity index (χ3v) is 2.88. The molecule has 1 rings (SSSR count). The number of benzene rings is 1. The average Bonchev–Trinajstić information content (AvgIpc) is 2.29. The molecule has 0 radical (unpaired) electrons. The molecule has 1 aromatic carbocycles. The van der Waals surface area contributed by atoms with Crippen LogP contribution in [0.2, 0.25) is 0 Å². The lowest BCUT2D eigenvalue weighted by molar-refractivity contribution is -0.139. The minimum Gasteiger partial charge on any atom is -0.496 e. The second-order valence-electron chi connectivity index (χ2n) is 4.07. The van der Waals surface area contributed by atoms with Gasteiger partial charge in [0.15, 0.2) is 0 Å². The van der Waals surface area contributed by atoms with Crippen molar-refractivity contribution >= 4 is 5.97 Å². The van der Waals surface area contributed by atoms with Crippen LogP contribution in [0.4, 0.5) is 0 Å². The molecule has 0 aliphatic carbocycles. The van der Waals surface area contributed by atoms with E-state index in [0.717, 1.165) is 11.1 Å². The van der Waals surface area contributed by atoms with Gasteiger partial charge in [-0.3, -0.25) is 4.79 Å². The first-order valence-corrected chi connectivity index (χ1v) is 5.27. The SMILES string of the molecule is COc1cc(C)c(C)cc1C(N)C(N)C(=O)O. The van der Waals surface area contributed by atoms with Gasteiger partial charge in [0.2, 0.25) is 0 Å². The monoisotopic (exact) mass is 238 g/mol. The largest absolute Gasteiger partial charge is 0.496 e.